The van der Waals surface area contributed by atoms with Crippen LogP contribution < -0.4 is 16.5 Å². The minimum absolute atomic E-state index is 0.199. The van der Waals surface area contributed by atoms with Crippen LogP contribution in [0.15, 0.2) is 53.2 Å². The van der Waals surface area contributed by atoms with E-state index < -0.39 is 0 Å². The number of benzene rings is 1. The average Bonchev–Trinajstić information content (AvgIpc) is 2.57. The van der Waals surface area contributed by atoms with Gasteiger partial charge in [-0.3, -0.25) is 9.59 Å². The van der Waals surface area contributed by atoms with E-state index in [0.717, 1.165) is 0 Å². The first-order valence-corrected chi connectivity index (χ1v) is 8.29. The monoisotopic (exact) mass is 330 g/mol. The molecule has 23 heavy (non-hydrogen) atoms. The number of hydrogen-bond acceptors (Lipinski definition) is 5. The lowest BCUT2D eigenvalue weighted by molar-refractivity contribution is -0.123. The Kier molecular flexibility index (Phi) is 5.99. The zero-order valence-corrected chi connectivity index (χ0v) is 13.5. The van der Waals surface area contributed by atoms with Crippen molar-refractivity contribution in [2.45, 2.75) is 6.42 Å². The highest BCUT2D eigenvalue weighted by atomic mass is 32.2. The Labute approximate surface area is 138 Å². The molecular formula is C16H18N4O2S. The van der Waals surface area contributed by atoms with Crippen molar-refractivity contribution in [1.82, 2.24) is 5.43 Å². The van der Waals surface area contributed by atoms with Gasteiger partial charge in [0.05, 0.1) is 22.8 Å². The fourth-order valence-corrected chi connectivity index (χ4v) is 2.17. The number of nitrogens with two attached hydrogens (primary N) is 1. The Balaban J connectivity index is 1.93. The maximum absolute atomic E-state index is 12.2. The first-order valence-electron chi connectivity index (χ1n) is 7.00. The summed E-state index contributed by atoms with van der Waals surface area (Å²) in [5, 5.41) is 6.53. The van der Waals surface area contributed by atoms with Gasteiger partial charge in [0.1, 0.15) is 0 Å². The lowest BCUT2D eigenvalue weighted by Gasteiger charge is -2.15. The standard InChI is InChI=1S/C16H18N4O2S/c1-23-10-18-20-16(22)12-8-6-11(7-9-12)15(21)19-14-5-3-2-4-13(14)17/h2-8,10,12H,9,17H2,1H3,(H,19,21)(H,20,22)/b18-10+. The Morgan fingerprint density at radius 3 is 2.83 bits per heavy atom. The molecule has 0 aliphatic heterocycles. The van der Waals surface area contributed by atoms with Gasteiger partial charge in [0.25, 0.3) is 5.91 Å². The van der Waals surface area contributed by atoms with E-state index >= 15 is 0 Å². The molecule has 1 unspecified atom stereocenters. The molecule has 120 valence electrons. The van der Waals surface area contributed by atoms with Gasteiger partial charge in [-0.2, -0.15) is 5.10 Å². The molecule has 2 rings (SSSR count). The number of para-hydroxylation sites is 2. The van der Waals surface area contributed by atoms with Crippen LogP contribution in [0.5, 0.6) is 0 Å². The third kappa shape index (κ3) is 4.72. The van der Waals surface area contributed by atoms with Crippen molar-refractivity contribution in [2.24, 2.45) is 11.0 Å². The fraction of sp³-hybridized carbons (Fsp3) is 0.188. The highest BCUT2D eigenvalue weighted by molar-refractivity contribution is 8.11. The summed E-state index contributed by atoms with van der Waals surface area (Å²) in [7, 11) is 0. The average molecular weight is 330 g/mol. The molecule has 0 heterocycles. The summed E-state index contributed by atoms with van der Waals surface area (Å²) in [6, 6.07) is 7.05. The molecule has 0 spiro atoms. The van der Waals surface area contributed by atoms with Crippen molar-refractivity contribution in [2.75, 3.05) is 17.3 Å². The molecule has 0 bridgehead atoms. The first-order chi connectivity index (χ1) is 11.1. The number of nitrogen functional groups attached to an aromatic ring is 1. The minimum atomic E-state index is -0.327. The van der Waals surface area contributed by atoms with E-state index in [9.17, 15) is 9.59 Å². The van der Waals surface area contributed by atoms with Crippen LogP contribution in [0.2, 0.25) is 0 Å². The molecule has 0 aromatic heterocycles. The maximum Gasteiger partial charge on any atom is 0.255 e. The summed E-state index contributed by atoms with van der Waals surface area (Å²) in [5.74, 6) is -0.777. The van der Waals surface area contributed by atoms with Crippen LogP contribution in [0.1, 0.15) is 6.42 Å². The van der Waals surface area contributed by atoms with Crippen molar-refractivity contribution in [3.05, 3.63) is 48.1 Å². The van der Waals surface area contributed by atoms with Crippen LogP contribution in [0.4, 0.5) is 11.4 Å². The number of hydrazone groups is 1. The first kappa shape index (κ1) is 16.8. The summed E-state index contributed by atoms with van der Waals surface area (Å²) in [5.41, 5.74) is 11.4. The highest BCUT2D eigenvalue weighted by Gasteiger charge is 2.19. The van der Waals surface area contributed by atoms with Crippen LogP contribution in [0.3, 0.4) is 0 Å². The molecule has 1 aromatic rings. The molecule has 7 heteroatoms. The number of amides is 2. The number of carbonyl (C=O) groups excluding carboxylic acids is 2. The largest absolute Gasteiger partial charge is 0.397 e. The number of anilines is 2. The second-order valence-corrected chi connectivity index (χ2v) is 5.53. The summed E-state index contributed by atoms with van der Waals surface area (Å²) in [6.07, 6.45) is 7.37. The Bertz CT molecular complexity index is 682. The lowest BCUT2D eigenvalue weighted by Crippen LogP contribution is -2.27. The molecular weight excluding hydrogens is 312 g/mol. The van der Waals surface area contributed by atoms with Gasteiger partial charge in [-0.1, -0.05) is 30.4 Å². The number of nitrogens with one attached hydrogen (secondary N) is 2. The van der Waals surface area contributed by atoms with Crippen LogP contribution in [0.25, 0.3) is 0 Å². The lowest BCUT2D eigenvalue weighted by atomic mass is 9.96. The molecule has 2 amide bonds. The van der Waals surface area contributed by atoms with E-state index in [4.69, 9.17) is 5.73 Å². The molecule has 1 aromatic carbocycles. The predicted octanol–water partition coefficient (Wildman–Crippen LogP) is 2.13. The SMILES string of the molecule is CS/C=N/NC(=O)C1C=CC(C(=O)Nc2ccccc2N)=CC1. The van der Waals surface area contributed by atoms with Crippen molar-refractivity contribution >= 4 is 40.5 Å². The minimum Gasteiger partial charge on any atom is -0.397 e. The van der Waals surface area contributed by atoms with Crippen molar-refractivity contribution in [3.8, 4) is 0 Å². The van der Waals surface area contributed by atoms with Gasteiger partial charge in [-0.05, 0) is 24.8 Å². The van der Waals surface area contributed by atoms with Crippen LogP contribution in [-0.2, 0) is 9.59 Å². The van der Waals surface area contributed by atoms with Gasteiger partial charge in [-0.25, -0.2) is 5.43 Å². The van der Waals surface area contributed by atoms with Gasteiger partial charge >= 0.3 is 0 Å². The molecule has 6 nitrogen and oxygen atoms in total. The third-order valence-electron chi connectivity index (χ3n) is 3.24. The van der Waals surface area contributed by atoms with Gasteiger partial charge in [0.2, 0.25) is 5.91 Å². The van der Waals surface area contributed by atoms with Crippen molar-refractivity contribution in [3.63, 3.8) is 0 Å². The number of allylic oxidation sites excluding steroid dienone is 1. The summed E-state index contributed by atoms with van der Waals surface area (Å²) < 4.78 is 0. The van der Waals surface area contributed by atoms with Crippen LogP contribution in [0, 0.1) is 5.92 Å². The van der Waals surface area contributed by atoms with Gasteiger partial charge in [-0.15, -0.1) is 11.8 Å². The predicted molar refractivity (Wildman–Crippen MR) is 95.0 cm³/mol. The second-order valence-electron chi connectivity index (χ2n) is 4.85. The third-order valence-corrected chi connectivity index (χ3v) is 3.56. The highest BCUT2D eigenvalue weighted by Crippen LogP contribution is 2.21. The summed E-state index contributed by atoms with van der Waals surface area (Å²) >= 11 is 1.40. The Morgan fingerprint density at radius 2 is 2.17 bits per heavy atom. The number of carbonyl (C=O) groups is 2. The number of rotatable bonds is 5. The summed E-state index contributed by atoms with van der Waals surface area (Å²) in [6.45, 7) is 0. The Hall–Kier alpha value is -2.54. The van der Waals surface area contributed by atoms with Crippen molar-refractivity contribution < 1.29 is 9.59 Å². The van der Waals surface area contributed by atoms with E-state index in [1.807, 2.05) is 6.26 Å². The van der Waals surface area contributed by atoms with E-state index in [2.05, 4.69) is 15.8 Å². The second kappa shape index (κ2) is 8.19. The topological polar surface area (TPSA) is 96.6 Å². The number of hydrogen-bond donors (Lipinski definition) is 3. The zero-order valence-electron chi connectivity index (χ0n) is 12.7. The van der Waals surface area contributed by atoms with Crippen LogP contribution >= 0.6 is 11.8 Å². The molecule has 1 aliphatic rings. The van der Waals surface area contributed by atoms with E-state index in [1.54, 1.807) is 48.0 Å². The molecule has 0 saturated heterocycles. The molecule has 1 aliphatic carbocycles. The maximum atomic E-state index is 12.2. The van der Waals surface area contributed by atoms with Crippen LogP contribution in [-0.4, -0.2) is 23.6 Å². The van der Waals surface area contributed by atoms with E-state index in [1.165, 1.54) is 11.8 Å². The molecule has 4 N–H and O–H groups in total. The van der Waals surface area contributed by atoms with E-state index in [0.29, 0.717) is 23.4 Å². The quantitative estimate of drug-likeness (QED) is 0.333. The van der Waals surface area contributed by atoms with Crippen molar-refractivity contribution in [1.29, 1.82) is 0 Å². The Morgan fingerprint density at radius 1 is 1.39 bits per heavy atom. The normalized spacial score (nSPS) is 16.9. The van der Waals surface area contributed by atoms with Gasteiger partial charge in [0.15, 0.2) is 0 Å². The smallest absolute Gasteiger partial charge is 0.255 e. The van der Waals surface area contributed by atoms with Gasteiger partial charge < -0.3 is 11.1 Å². The molecule has 1 atom stereocenters. The summed E-state index contributed by atoms with van der Waals surface area (Å²) in [4.78, 5) is 24.0. The fourth-order valence-electron chi connectivity index (χ4n) is 2.01. The molecule has 0 radical (unpaired) electrons. The number of thioether (sulfide) groups is 1. The van der Waals surface area contributed by atoms with Gasteiger partial charge in [0, 0.05) is 5.57 Å². The van der Waals surface area contributed by atoms with E-state index in [-0.39, 0.29) is 17.7 Å². The molecule has 0 fully saturated rings. The zero-order chi connectivity index (χ0) is 16.7. The molecule has 0 saturated carbocycles. The number of nitrogens with zero attached hydrogens (tertiary/aromatic N) is 1.